The van der Waals surface area contributed by atoms with Crippen molar-refractivity contribution in [3.63, 3.8) is 0 Å². The van der Waals surface area contributed by atoms with Crippen LogP contribution in [-0.4, -0.2) is 28.8 Å². The third-order valence-corrected chi connectivity index (χ3v) is 3.52. The summed E-state index contributed by atoms with van der Waals surface area (Å²) in [5.41, 5.74) is 1.82. The lowest BCUT2D eigenvalue weighted by Crippen LogP contribution is -2.29. The molecule has 4 nitrogen and oxygen atoms in total. The number of carbonyl (C=O) groups is 1. The van der Waals surface area contributed by atoms with Gasteiger partial charge in [0, 0.05) is 5.69 Å². The molecule has 0 unspecified atom stereocenters. The highest BCUT2D eigenvalue weighted by molar-refractivity contribution is 7.80. The van der Waals surface area contributed by atoms with Crippen molar-refractivity contribution in [3.8, 4) is 0 Å². The number of para-hydroxylation sites is 1. The smallest absolute Gasteiger partial charge is 0.269 e. The van der Waals surface area contributed by atoms with E-state index in [9.17, 15) is 4.79 Å². The molecule has 2 aromatic carbocycles. The molecule has 104 valence electrons. The quantitative estimate of drug-likeness (QED) is 0.645. The van der Waals surface area contributed by atoms with Crippen LogP contribution in [0.2, 0.25) is 0 Å². The van der Waals surface area contributed by atoms with Crippen molar-refractivity contribution in [1.29, 1.82) is 0 Å². The number of hydrazone groups is 1. The van der Waals surface area contributed by atoms with Gasteiger partial charge in [-0.2, -0.15) is 10.1 Å². The van der Waals surface area contributed by atoms with Gasteiger partial charge in [0.05, 0.1) is 6.21 Å². The summed E-state index contributed by atoms with van der Waals surface area (Å²) in [4.78, 5) is 13.9. The first kappa shape index (κ1) is 13.5. The van der Waals surface area contributed by atoms with Gasteiger partial charge in [0.1, 0.15) is 6.54 Å². The number of anilines is 1. The number of amides is 1. The molecule has 1 aliphatic heterocycles. The second kappa shape index (κ2) is 5.85. The Morgan fingerprint density at radius 2 is 1.62 bits per heavy atom. The summed E-state index contributed by atoms with van der Waals surface area (Å²) in [5.74, 6) is -0.129. The van der Waals surface area contributed by atoms with Gasteiger partial charge in [-0.3, -0.25) is 4.79 Å². The van der Waals surface area contributed by atoms with Crippen molar-refractivity contribution in [2.24, 2.45) is 5.10 Å². The van der Waals surface area contributed by atoms with Gasteiger partial charge < -0.3 is 4.90 Å². The molecule has 1 aliphatic rings. The van der Waals surface area contributed by atoms with Gasteiger partial charge in [0.15, 0.2) is 0 Å². The van der Waals surface area contributed by atoms with Crippen molar-refractivity contribution in [2.45, 2.75) is 0 Å². The summed E-state index contributed by atoms with van der Waals surface area (Å²) in [6.07, 6.45) is 1.64. The minimum absolute atomic E-state index is 0.129. The minimum atomic E-state index is -0.129. The molecule has 0 aliphatic carbocycles. The fourth-order valence-electron chi connectivity index (χ4n) is 2.08. The molecule has 0 spiro atoms. The predicted octanol–water partition coefficient (Wildman–Crippen LogP) is 2.65. The summed E-state index contributed by atoms with van der Waals surface area (Å²) >= 11 is 5.35. The van der Waals surface area contributed by atoms with Crippen molar-refractivity contribution in [1.82, 2.24) is 5.01 Å². The molecule has 5 heteroatoms. The van der Waals surface area contributed by atoms with Crippen molar-refractivity contribution < 1.29 is 4.79 Å². The van der Waals surface area contributed by atoms with Crippen molar-refractivity contribution in [3.05, 3.63) is 66.2 Å². The molecule has 0 radical (unpaired) electrons. The molecule has 1 saturated heterocycles. The Hall–Kier alpha value is -2.53. The van der Waals surface area contributed by atoms with Gasteiger partial charge in [-0.25, -0.2) is 0 Å². The van der Waals surface area contributed by atoms with Crippen LogP contribution in [-0.2, 0) is 4.79 Å². The van der Waals surface area contributed by atoms with E-state index in [1.54, 1.807) is 11.1 Å². The number of rotatable bonds is 3. The van der Waals surface area contributed by atoms with E-state index in [1.165, 1.54) is 5.01 Å². The lowest BCUT2D eigenvalue weighted by Gasteiger charge is -2.17. The van der Waals surface area contributed by atoms with E-state index >= 15 is 0 Å². The minimum Gasteiger partial charge on any atom is -0.308 e. The topological polar surface area (TPSA) is 35.9 Å². The monoisotopic (exact) mass is 295 g/mol. The van der Waals surface area contributed by atoms with Crippen LogP contribution in [0, 0.1) is 0 Å². The third kappa shape index (κ3) is 2.83. The predicted molar refractivity (Wildman–Crippen MR) is 87.3 cm³/mol. The first-order valence-electron chi connectivity index (χ1n) is 6.54. The molecule has 0 N–H and O–H groups in total. The van der Waals surface area contributed by atoms with Crippen molar-refractivity contribution >= 4 is 35.1 Å². The van der Waals surface area contributed by atoms with E-state index in [0.717, 1.165) is 11.3 Å². The number of carbonyl (C=O) groups excluding carboxylic acids is 1. The molecular weight excluding hydrogens is 282 g/mol. The third-order valence-electron chi connectivity index (χ3n) is 3.13. The van der Waals surface area contributed by atoms with Gasteiger partial charge in [0.25, 0.3) is 5.91 Å². The first-order valence-corrected chi connectivity index (χ1v) is 6.95. The summed E-state index contributed by atoms with van der Waals surface area (Å²) in [6.45, 7) is 0.217. The van der Waals surface area contributed by atoms with Crippen LogP contribution >= 0.6 is 12.2 Å². The maximum absolute atomic E-state index is 12.1. The molecule has 1 heterocycles. The fraction of sp³-hybridized carbons (Fsp3) is 0.0625. The molecule has 1 fully saturated rings. The molecule has 2 aromatic rings. The summed E-state index contributed by atoms with van der Waals surface area (Å²) in [5, 5.41) is 5.88. The SMILES string of the molecule is O=C1CN(c2ccccc2)C(=S)N1N=Cc1ccccc1. The summed E-state index contributed by atoms with van der Waals surface area (Å²) in [6, 6.07) is 19.2. The Morgan fingerprint density at radius 1 is 1.00 bits per heavy atom. The molecule has 1 amide bonds. The second-order valence-electron chi connectivity index (χ2n) is 4.57. The van der Waals surface area contributed by atoms with Gasteiger partial charge in [0.2, 0.25) is 5.11 Å². The van der Waals surface area contributed by atoms with Crippen LogP contribution in [0.4, 0.5) is 5.69 Å². The van der Waals surface area contributed by atoms with Crippen LogP contribution in [0.5, 0.6) is 0 Å². The summed E-state index contributed by atoms with van der Waals surface area (Å²) < 4.78 is 0. The van der Waals surface area contributed by atoms with Crippen LogP contribution in [0.25, 0.3) is 0 Å². The van der Waals surface area contributed by atoms with E-state index in [-0.39, 0.29) is 12.5 Å². The largest absolute Gasteiger partial charge is 0.308 e. The van der Waals surface area contributed by atoms with Gasteiger partial charge in [-0.05, 0) is 29.9 Å². The Labute approximate surface area is 128 Å². The van der Waals surface area contributed by atoms with E-state index in [0.29, 0.717) is 5.11 Å². The highest BCUT2D eigenvalue weighted by Crippen LogP contribution is 2.20. The van der Waals surface area contributed by atoms with E-state index in [1.807, 2.05) is 60.7 Å². The van der Waals surface area contributed by atoms with Crippen molar-refractivity contribution in [2.75, 3.05) is 11.4 Å². The van der Waals surface area contributed by atoms with Gasteiger partial charge in [-0.15, -0.1) is 0 Å². The van der Waals surface area contributed by atoms with Crippen LogP contribution in [0.15, 0.2) is 65.8 Å². The highest BCUT2D eigenvalue weighted by atomic mass is 32.1. The maximum atomic E-state index is 12.1. The molecular formula is C16H13N3OS. The Balaban J connectivity index is 1.80. The van der Waals surface area contributed by atoms with Crippen LogP contribution in [0.1, 0.15) is 5.56 Å². The standard InChI is InChI=1S/C16H13N3OS/c20-15-12-18(14-9-5-2-6-10-14)16(21)19(15)17-11-13-7-3-1-4-8-13/h1-11H,12H2. The fourth-order valence-corrected chi connectivity index (χ4v) is 2.40. The van der Waals surface area contributed by atoms with E-state index in [2.05, 4.69) is 5.10 Å². The number of hydrogen-bond acceptors (Lipinski definition) is 3. The normalized spacial score (nSPS) is 15.2. The molecule has 21 heavy (non-hydrogen) atoms. The van der Waals surface area contributed by atoms with Crippen LogP contribution < -0.4 is 4.90 Å². The average Bonchev–Trinajstić information content (AvgIpc) is 2.82. The Kier molecular flexibility index (Phi) is 3.75. The van der Waals surface area contributed by atoms with Gasteiger partial charge in [-0.1, -0.05) is 48.5 Å². The average molecular weight is 295 g/mol. The van der Waals surface area contributed by atoms with Gasteiger partial charge >= 0.3 is 0 Å². The molecule has 0 bridgehead atoms. The van der Waals surface area contributed by atoms with E-state index in [4.69, 9.17) is 12.2 Å². The molecule has 0 atom stereocenters. The number of thiocarbonyl (C=S) groups is 1. The second-order valence-corrected chi connectivity index (χ2v) is 4.93. The van der Waals surface area contributed by atoms with E-state index < -0.39 is 0 Å². The zero-order chi connectivity index (χ0) is 14.7. The molecule has 0 aromatic heterocycles. The Morgan fingerprint density at radius 3 is 2.29 bits per heavy atom. The lowest BCUT2D eigenvalue weighted by atomic mass is 10.2. The molecule has 3 rings (SSSR count). The molecule has 0 saturated carbocycles. The zero-order valence-corrected chi connectivity index (χ0v) is 12.0. The number of benzene rings is 2. The highest BCUT2D eigenvalue weighted by Gasteiger charge is 2.33. The lowest BCUT2D eigenvalue weighted by molar-refractivity contribution is -0.124. The first-order chi connectivity index (χ1) is 10.3. The number of hydrogen-bond donors (Lipinski definition) is 0. The number of nitrogens with zero attached hydrogens (tertiary/aromatic N) is 3. The Bertz CT molecular complexity index is 685. The van der Waals surface area contributed by atoms with Crippen LogP contribution in [0.3, 0.4) is 0 Å². The summed E-state index contributed by atoms with van der Waals surface area (Å²) in [7, 11) is 0. The maximum Gasteiger partial charge on any atom is 0.269 e. The zero-order valence-electron chi connectivity index (χ0n) is 11.2.